The van der Waals surface area contributed by atoms with E-state index in [-0.39, 0.29) is 0 Å². The van der Waals surface area contributed by atoms with Crippen LogP contribution in [-0.4, -0.2) is 52.5 Å². The third-order valence-electron chi connectivity index (χ3n) is 2.40. The molecule has 0 aliphatic heterocycles. The predicted molar refractivity (Wildman–Crippen MR) is 83.8 cm³/mol. The second kappa shape index (κ2) is 13.0. The highest BCUT2D eigenvalue weighted by Gasteiger charge is 2.51. The molecule has 0 saturated carbocycles. The number of esters is 1. The van der Waals surface area contributed by atoms with E-state index in [0.717, 1.165) is 7.11 Å². The number of carbonyl (C=O) groups excluding carboxylic acids is 1. The second-order valence-corrected chi connectivity index (χ2v) is 6.70. The Kier molecular flexibility index (Phi) is 13.9. The molecule has 0 aliphatic carbocycles. The summed E-state index contributed by atoms with van der Waals surface area (Å²) in [6.07, 6.45) is 0.575. The highest BCUT2D eigenvalue weighted by atomic mass is 28.4. The van der Waals surface area contributed by atoms with E-state index in [2.05, 4.69) is 6.58 Å². The van der Waals surface area contributed by atoms with Gasteiger partial charge >= 0.3 is 14.8 Å². The number of carbonyl (C=O) groups is 1. The molecule has 1 atom stereocenters. The lowest BCUT2D eigenvalue weighted by Crippen LogP contribution is -2.58. The number of rotatable bonds is 10. The molecule has 0 aromatic carbocycles. The molecule has 6 nitrogen and oxygen atoms in total. The Balaban J connectivity index is 0. The summed E-state index contributed by atoms with van der Waals surface area (Å²) in [7, 11) is -2.02. The van der Waals surface area contributed by atoms with E-state index >= 15 is 0 Å². The topological polar surface area (TPSA) is 74.2 Å². The minimum atomic E-state index is -3.02. The van der Waals surface area contributed by atoms with Crippen LogP contribution in [0.2, 0.25) is 0 Å². The van der Waals surface area contributed by atoms with Gasteiger partial charge < -0.3 is 23.1 Å². The SMILES string of the molecule is C=C(C)C(=O)OC(CC)[Si](OCC)(OCC)OCC.CO. The summed E-state index contributed by atoms with van der Waals surface area (Å²) in [5.74, 6) is -0.442. The molecular weight excluding hydrogens is 292 g/mol. The molecule has 0 fully saturated rings. The summed E-state index contributed by atoms with van der Waals surface area (Å²) in [5.41, 5.74) is -0.151. The highest BCUT2D eigenvalue weighted by molar-refractivity contribution is 6.62. The fraction of sp³-hybridized carbons (Fsp3) is 0.786. The maximum atomic E-state index is 11.7. The maximum absolute atomic E-state index is 11.7. The number of aliphatic hydroxyl groups excluding tert-OH is 1. The molecule has 0 spiro atoms. The van der Waals surface area contributed by atoms with E-state index in [1.165, 1.54) is 0 Å². The molecule has 0 aromatic heterocycles. The maximum Gasteiger partial charge on any atom is 0.544 e. The average molecular weight is 322 g/mol. The largest absolute Gasteiger partial charge is 0.544 e. The van der Waals surface area contributed by atoms with Crippen molar-refractivity contribution in [2.75, 3.05) is 26.9 Å². The van der Waals surface area contributed by atoms with Crippen LogP contribution in [0.1, 0.15) is 41.0 Å². The Morgan fingerprint density at radius 2 is 1.43 bits per heavy atom. The molecule has 7 heteroatoms. The molecule has 0 rings (SSSR count). The Morgan fingerprint density at radius 1 is 1.05 bits per heavy atom. The van der Waals surface area contributed by atoms with Crippen LogP contribution in [0.15, 0.2) is 12.2 Å². The zero-order chi connectivity index (χ0) is 16.9. The lowest BCUT2D eigenvalue weighted by Gasteiger charge is -2.34. The van der Waals surface area contributed by atoms with Crippen LogP contribution in [0.3, 0.4) is 0 Å². The molecule has 126 valence electrons. The fourth-order valence-electron chi connectivity index (χ4n) is 1.64. The predicted octanol–water partition coefficient (Wildman–Crippen LogP) is 2.08. The van der Waals surface area contributed by atoms with Crippen molar-refractivity contribution in [3.63, 3.8) is 0 Å². The van der Waals surface area contributed by atoms with Gasteiger partial charge in [0.2, 0.25) is 0 Å². The van der Waals surface area contributed by atoms with Crippen molar-refractivity contribution < 1.29 is 27.9 Å². The van der Waals surface area contributed by atoms with Crippen molar-refractivity contribution >= 4 is 14.8 Å². The quantitative estimate of drug-likeness (QED) is 0.377. The first-order valence-corrected chi connectivity index (χ1v) is 9.00. The highest BCUT2D eigenvalue weighted by Crippen LogP contribution is 2.21. The van der Waals surface area contributed by atoms with Gasteiger partial charge in [-0.1, -0.05) is 13.5 Å². The molecule has 0 radical (unpaired) electrons. The van der Waals surface area contributed by atoms with Crippen molar-refractivity contribution in [2.24, 2.45) is 0 Å². The lowest BCUT2D eigenvalue weighted by molar-refractivity contribution is -0.144. The van der Waals surface area contributed by atoms with Gasteiger partial charge in [-0.15, -0.1) is 0 Å². The summed E-state index contributed by atoms with van der Waals surface area (Å²) in [6.45, 7) is 14.1. The third kappa shape index (κ3) is 7.73. The first-order chi connectivity index (χ1) is 9.97. The second-order valence-electron chi connectivity index (χ2n) is 3.99. The molecule has 0 aromatic rings. The Morgan fingerprint density at radius 3 is 1.67 bits per heavy atom. The van der Waals surface area contributed by atoms with Crippen LogP contribution >= 0.6 is 0 Å². The number of hydrogen-bond donors (Lipinski definition) is 1. The van der Waals surface area contributed by atoms with Crippen molar-refractivity contribution in [2.45, 2.75) is 46.8 Å². The van der Waals surface area contributed by atoms with Crippen LogP contribution in [-0.2, 0) is 22.8 Å². The van der Waals surface area contributed by atoms with E-state index < -0.39 is 20.5 Å². The van der Waals surface area contributed by atoms with Gasteiger partial charge in [-0.25, -0.2) is 4.79 Å². The molecule has 0 amide bonds. The smallest absolute Gasteiger partial charge is 0.454 e. The first-order valence-electron chi connectivity index (χ1n) is 7.20. The number of ether oxygens (including phenoxy) is 1. The minimum absolute atomic E-state index is 0.353. The summed E-state index contributed by atoms with van der Waals surface area (Å²) < 4.78 is 22.6. The molecule has 1 unspecified atom stereocenters. The number of hydrogen-bond acceptors (Lipinski definition) is 6. The van der Waals surface area contributed by atoms with E-state index in [4.69, 9.17) is 23.1 Å². The molecule has 1 N–H and O–H groups in total. The van der Waals surface area contributed by atoms with Gasteiger partial charge in [-0.05, 0) is 34.1 Å². The van der Waals surface area contributed by atoms with Gasteiger partial charge in [0, 0.05) is 32.5 Å². The number of aliphatic hydroxyl groups is 1. The fourth-order valence-corrected chi connectivity index (χ4v) is 4.41. The lowest BCUT2D eigenvalue weighted by atomic mass is 10.4. The summed E-state index contributed by atoms with van der Waals surface area (Å²) in [6, 6.07) is 0. The van der Waals surface area contributed by atoms with Gasteiger partial charge in [-0.3, -0.25) is 0 Å². The monoisotopic (exact) mass is 322 g/mol. The van der Waals surface area contributed by atoms with Crippen molar-refractivity contribution in [1.82, 2.24) is 0 Å². The minimum Gasteiger partial charge on any atom is -0.454 e. The molecule has 21 heavy (non-hydrogen) atoms. The van der Waals surface area contributed by atoms with Gasteiger partial charge in [0.05, 0.1) is 0 Å². The third-order valence-corrected chi connectivity index (χ3v) is 5.79. The Hall–Kier alpha value is -0.733. The van der Waals surface area contributed by atoms with Gasteiger partial charge in [0.15, 0.2) is 5.73 Å². The zero-order valence-corrected chi connectivity index (χ0v) is 15.1. The Labute approximate surface area is 129 Å². The van der Waals surface area contributed by atoms with Gasteiger partial charge in [-0.2, -0.15) is 0 Å². The van der Waals surface area contributed by atoms with E-state index in [1.54, 1.807) is 6.92 Å². The Bertz CT molecular complexity index is 278. The standard InChI is InChI=1S/C13H26O5Si.CH4O/c1-7-12(18-13(14)11(5)6)19(15-8-2,16-9-3)17-10-4;1-2/h12H,5,7-10H2,1-4,6H3;2H,1H3. The van der Waals surface area contributed by atoms with Gasteiger partial charge in [0.1, 0.15) is 0 Å². The van der Waals surface area contributed by atoms with Crippen LogP contribution in [0.4, 0.5) is 0 Å². The molecule has 0 aliphatic rings. The van der Waals surface area contributed by atoms with Gasteiger partial charge in [0.25, 0.3) is 0 Å². The summed E-state index contributed by atoms with van der Waals surface area (Å²) >= 11 is 0. The van der Waals surface area contributed by atoms with Crippen LogP contribution < -0.4 is 0 Å². The van der Waals surface area contributed by atoms with Crippen LogP contribution in [0, 0.1) is 0 Å². The van der Waals surface area contributed by atoms with Crippen molar-refractivity contribution in [3.8, 4) is 0 Å². The molecular formula is C14H30O6Si. The van der Waals surface area contributed by atoms with Crippen molar-refractivity contribution in [1.29, 1.82) is 0 Å². The average Bonchev–Trinajstić information content (AvgIpc) is 2.47. The molecule has 0 saturated heterocycles. The van der Waals surface area contributed by atoms with E-state index in [1.807, 2.05) is 27.7 Å². The van der Waals surface area contributed by atoms with E-state index in [9.17, 15) is 4.79 Å². The summed E-state index contributed by atoms with van der Waals surface area (Å²) in [5, 5.41) is 7.00. The van der Waals surface area contributed by atoms with E-state index in [0.29, 0.717) is 31.8 Å². The molecule has 0 heterocycles. The normalized spacial score (nSPS) is 12.1. The van der Waals surface area contributed by atoms with Crippen LogP contribution in [0.5, 0.6) is 0 Å². The summed E-state index contributed by atoms with van der Waals surface area (Å²) in [4.78, 5) is 11.7. The first kappa shape index (κ1) is 22.5. The zero-order valence-electron chi connectivity index (χ0n) is 14.1. The van der Waals surface area contributed by atoms with Crippen LogP contribution in [0.25, 0.3) is 0 Å². The molecule has 0 bridgehead atoms. The van der Waals surface area contributed by atoms with Crippen molar-refractivity contribution in [3.05, 3.63) is 12.2 Å².